The second-order valence-electron chi connectivity index (χ2n) is 2.62. The number of carboxylic acids is 1. The molecule has 4 heteroatoms. The molecule has 0 aromatic rings. The first-order valence-corrected chi connectivity index (χ1v) is 3.89. The van der Waals surface area contributed by atoms with Gasteiger partial charge in [0.25, 0.3) is 0 Å². The van der Waals surface area contributed by atoms with Crippen LogP contribution in [0.25, 0.3) is 0 Å². The minimum absolute atomic E-state index is 0.413. The summed E-state index contributed by atoms with van der Waals surface area (Å²) in [4.78, 5) is 14.2. The van der Waals surface area contributed by atoms with Gasteiger partial charge < -0.3 is 5.11 Å². The Hall–Kier alpha value is -1.19. The Bertz CT molecular complexity index is 199. The molecule has 2 N–H and O–H groups in total. The number of rotatable bonds is 5. The molecule has 0 rings (SSSR count). The Morgan fingerprint density at radius 3 is 2.67 bits per heavy atom. The molecule has 0 aromatic carbocycles. The van der Waals surface area contributed by atoms with Gasteiger partial charge in [-0.1, -0.05) is 13.8 Å². The van der Waals surface area contributed by atoms with Crippen molar-refractivity contribution in [3.63, 3.8) is 0 Å². The van der Waals surface area contributed by atoms with Gasteiger partial charge in [-0.2, -0.15) is 0 Å². The molecular formula is C8H14N2O2. The minimum Gasteiger partial charge on any atom is -0.481 e. The molecule has 1 atom stereocenters. The normalized spacial score (nSPS) is 14.0. The lowest BCUT2D eigenvalue weighted by Gasteiger charge is -2.05. The summed E-state index contributed by atoms with van der Waals surface area (Å²) in [5.74, 6) is -1.23. The maximum atomic E-state index is 10.4. The number of aliphatic carboxylic acids is 1. The quantitative estimate of drug-likeness (QED) is 0.485. The first kappa shape index (κ1) is 10.8. The Balaban J connectivity index is 4.11. The van der Waals surface area contributed by atoms with Gasteiger partial charge in [-0.25, -0.2) is 4.99 Å². The molecule has 0 fully saturated rings. The number of carboxylic acid groups (broad SMARTS) is 1. The molecule has 0 radical (unpaired) electrons. The maximum Gasteiger partial charge on any atom is 0.306 e. The molecule has 12 heavy (non-hydrogen) atoms. The van der Waals surface area contributed by atoms with Crippen molar-refractivity contribution in [3.8, 4) is 0 Å². The summed E-state index contributed by atoms with van der Waals surface area (Å²) in [6.07, 6.45) is 2.08. The highest BCUT2D eigenvalue weighted by atomic mass is 16.4. The summed E-state index contributed by atoms with van der Waals surface area (Å²) in [6.45, 7) is 3.54. The third-order valence-electron chi connectivity index (χ3n) is 1.62. The van der Waals surface area contributed by atoms with Gasteiger partial charge in [0.1, 0.15) is 6.34 Å². The van der Waals surface area contributed by atoms with E-state index < -0.39 is 11.9 Å². The smallest absolute Gasteiger partial charge is 0.306 e. The standard InChI is InChI=1S/C8H14N2O2/c1-3-7(10-5-9)4-6(2)8(11)12/h5-6,9H,3-4H2,1-2H3,(H,11,12)/b9-5?,10-7+. The van der Waals surface area contributed by atoms with Gasteiger partial charge in [-0.15, -0.1) is 0 Å². The van der Waals surface area contributed by atoms with Gasteiger partial charge in [0, 0.05) is 5.71 Å². The highest BCUT2D eigenvalue weighted by Gasteiger charge is 2.12. The van der Waals surface area contributed by atoms with Crippen molar-refractivity contribution in [2.24, 2.45) is 10.9 Å². The summed E-state index contributed by atoms with van der Waals surface area (Å²) in [6, 6.07) is 0. The summed E-state index contributed by atoms with van der Waals surface area (Å²) in [5, 5.41) is 15.3. The number of hydrogen-bond donors (Lipinski definition) is 2. The van der Waals surface area contributed by atoms with Crippen LogP contribution in [0.5, 0.6) is 0 Å². The lowest BCUT2D eigenvalue weighted by Crippen LogP contribution is -2.14. The number of hydrogen-bond acceptors (Lipinski definition) is 2. The first-order chi connectivity index (χ1) is 5.61. The van der Waals surface area contributed by atoms with Crippen molar-refractivity contribution < 1.29 is 9.90 Å². The zero-order chi connectivity index (χ0) is 9.56. The molecule has 0 bridgehead atoms. The molecule has 0 aliphatic carbocycles. The predicted octanol–water partition coefficient (Wildman–Crippen LogP) is 1.56. The topological polar surface area (TPSA) is 73.5 Å². The van der Waals surface area contributed by atoms with Crippen LogP contribution in [0.4, 0.5) is 0 Å². The van der Waals surface area contributed by atoms with Crippen LogP contribution < -0.4 is 0 Å². The fourth-order valence-electron chi connectivity index (χ4n) is 0.820. The van der Waals surface area contributed by atoms with Crippen molar-refractivity contribution in [2.45, 2.75) is 26.7 Å². The summed E-state index contributed by atoms with van der Waals surface area (Å²) in [5.41, 5.74) is 0.764. The number of carbonyl (C=O) groups is 1. The number of aliphatic imine (C=N–C) groups is 1. The van der Waals surface area contributed by atoms with Crippen LogP contribution >= 0.6 is 0 Å². The molecule has 0 saturated heterocycles. The van der Waals surface area contributed by atoms with Gasteiger partial charge in [0.15, 0.2) is 0 Å². The SMILES string of the molecule is CC/C(CC(C)C(=O)O)=N\C=N. The first-order valence-electron chi connectivity index (χ1n) is 3.89. The van der Waals surface area contributed by atoms with Gasteiger partial charge in [0.05, 0.1) is 5.92 Å². The maximum absolute atomic E-state index is 10.4. The largest absolute Gasteiger partial charge is 0.481 e. The molecule has 68 valence electrons. The van der Waals surface area contributed by atoms with E-state index in [4.69, 9.17) is 10.5 Å². The van der Waals surface area contributed by atoms with Crippen molar-refractivity contribution in [1.82, 2.24) is 0 Å². The van der Waals surface area contributed by atoms with Crippen molar-refractivity contribution in [2.75, 3.05) is 0 Å². The van der Waals surface area contributed by atoms with Crippen molar-refractivity contribution in [3.05, 3.63) is 0 Å². The highest BCUT2D eigenvalue weighted by molar-refractivity contribution is 5.92. The Labute approximate surface area is 71.8 Å². The molecule has 0 aliphatic rings. The van der Waals surface area contributed by atoms with Crippen LogP contribution in [0.3, 0.4) is 0 Å². The monoisotopic (exact) mass is 170 g/mol. The summed E-state index contributed by atoms with van der Waals surface area (Å²) >= 11 is 0. The third kappa shape index (κ3) is 3.85. The molecule has 1 unspecified atom stereocenters. The van der Waals surface area contributed by atoms with Crippen LogP contribution in [0, 0.1) is 11.3 Å². The van der Waals surface area contributed by atoms with E-state index >= 15 is 0 Å². The Kier molecular flexibility index (Phi) is 4.92. The number of nitrogens with zero attached hydrogens (tertiary/aromatic N) is 1. The summed E-state index contributed by atoms with van der Waals surface area (Å²) in [7, 11) is 0. The molecular weight excluding hydrogens is 156 g/mol. The molecule has 0 heterocycles. The minimum atomic E-state index is -0.818. The van der Waals surface area contributed by atoms with E-state index in [0.717, 1.165) is 12.1 Å². The van der Waals surface area contributed by atoms with E-state index in [9.17, 15) is 4.79 Å². The van der Waals surface area contributed by atoms with E-state index in [0.29, 0.717) is 12.8 Å². The zero-order valence-corrected chi connectivity index (χ0v) is 7.37. The molecule has 0 amide bonds. The van der Waals surface area contributed by atoms with Gasteiger partial charge >= 0.3 is 5.97 Å². The van der Waals surface area contributed by atoms with Gasteiger partial charge in [-0.05, 0) is 12.8 Å². The molecule has 4 nitrogen and oxygen atoms in total. The Morgan fingerprint density at radius 1 is 1.75 bits per heavy atom. The van der Waals surface area contributed by atoms with E-state index in [1.165, 1.54) is 0 Å². The fraction of sp³-hybridized carbons (Fsp3) is 0.625. The van der Waals surface area contributed by atoms with E-state index in [2.05, 4.69) is 4.99 Å². The van der Waals surface area contributed by atoms with Crippen LogP contribution in [0.2, 0.25) is 0 Å². The van der Waals surface area contributed by atoms with Crippen LogP contribution in [-0.4, -0.2) is 23.1 Å². The lowest BCUT2D eigenvalue weighted by atomic mass is 10.0. The average Bonchev–Trinajstić information content (AvgIpc) is 2.03. The summed E-state index contributed by atoms with van der Waals surface area (Å²) < 4.78 is 0. The Morgan fingerprint density at radius 2 is 2.33 bits per heavy atom. The van der Waals surface area contributed by atoms with Crippen molar-refractivity contribution in [1.29, 1.82) is 5.41 Å². The molecule has 0 aromatic heterocycles. The lowest BCUT2D eigenvalue weighted by molar-refractivity contribution is -0.140. The van der Waals surface area contributed by atoms with Crippen molar-refractivity contribution >= 4 is 18.0 Å². The average molecular weight is 170 g/mol. The van der Waals surface area contributed by atoms with Crippen LogP contribution in [-0.2, 0) is 4.79 Å². The molecule has 0 spiro atoms. The van der Waals surface area contributed by atoms with Crippen LogP contribution in [0.1, 0.15) is 26.7 Å². The van der Waals surface area contributed by atoms with Gasteiger partial charge in [0.2, 0.25) is 0 Å². The predicted molar refractivity (Wildman–Crippen MR) is 47.9 cm³/mol. The molecule has 0 saturated carbocycles. The van der Waals surface area contributed by atoms with E-state index in [-0.39, 0.29) is 0 Å². The second-order valence-corrected chi connectivity index (χ2v) is 2.62. The third-order valence-corrected chi connectivity index (χ3v) is 1.62. The second kappa shape index (κ2) is 5.46. The molecule has 0 aliphatic heterocycles. The number of nitrogens with one attached hydrogen (secondary N) is 1. The fourth-order valence-corrected chi connectivity index (χ4v) is 0.820. The zero-order valence-electron chi connectivity index (χ0n) is 7.37. The van der Waals surface area contributed by atoms with E-state index in [1.54, 1.807) is 6.92 Å². The van der Waals surface area contributed by atoms with Crippen LogP contribution in [0.15, 0.2) is 4.99 Å². The van der Waals surface area contributed by atoms with E-state index in [1.807, 2.05) is 6.92 Å². The van der Waals surface area contributed by atoms with Gasteiger partial charge in [-0.3, -0.25) is 10.2 Å². The highest BCUT2D eigenvalue weighted by Crippen LogP contribution is 2.05.